The summed E-state index contributed by atoms with van der Waals surface area (Å²) < 4.78 is 27.3. The van der Waals surface area contributed by atoms with E-state index < -0.39 is 67.0 Å². The maximum Gasteiger partial charge on any atom is 0.364 e. The quantitative estimate of drug-likeness (QED) is 0.101. The number of carbonyl (C=O) groups excluding carboxylic acids is 2. The number of terminal acetylenes is 1. The average Bonchev–Trinajstić information content (AvgIpc) is 3.02. The molecule has 0 aliphatic carbocycles. The second-order valence-electron chi connectivity index (χ2n) is 10.1. The van der Waals surface area contributed by atoms with Crippen molar-refractivity contribution in [2.75, 3.05) is 39.6 Å². The van der Waals surface area contributed by atoms with Gasteiger partial charge in [-0.3, -0.25) is 9.59 Å². The molecule has 6 atom stereocenters. The number of benzene rings is 2. The summed E-state index contributed by atoms with van der Waals surface area (Å²) in [6.07, 6.45) is -2.37. The minimum atomic E-state index is -2.45. The summed E-state index contributed by atoms with van der Waals surface area (Å²) in [5.41, 5.74) is 0.203. The van der Waals surface area contributed by atoms with E-state index >= 15 is 0 Å². The molecule has 0 bridgehead atoms. The molecule has 1 fully saturated rings. The zero-order chi connectivity index (χ0) is 32.8. The first-order valence-electron chi connectivity index (χ1n) is 14.1. The van der Waals surface area contributed by atoms with Gasteiger partial charge in [-0.15, -0.1) is 6.42 Å². The second kappa shape index (κ2) is 17.4. The molecule has 0 aromatic heterocycles. The van der Waals surface area contributed by atoms with Crippen LogP contribution in [0.2, 0.25) is 0 Å². The van der Waals surface area contributed by atoms with Gasteiger partial charge in [0, 0.05) is 25.5 Å². The van der Waals surface area contributed by atoms with E-state index in [0.717, 1.165) is 6.92 Å². The molecule has 1 unspecified atom stereocenters. The Balaban J connectivity index is 1.65. The van der Waals surface area contributed by atoms with Crippen molar-refractivity contribution < 1.29 is 58.5 Å². The van der Waals surface area contributed by atoms with E-state index in [0.29, 0.717) is 11.5 Å². The van der Waals surface area contributed by atoms with Gasteiger partial charge in [0.15, 0.2) is 0 Å². The standard InChI is InChI=1S/C31H38N2O12/c1-3-12-41-13-14-42-15-16-43-31(30(39)40)18-24(35)26(33-20(2)34)28(45-31)27(37)25(36)19-32-29(38)21-8-7-11-23(17-21)44-22-9-5-4-6-10-22/h1,4-11,17,24-28,35-37H,12-16,18-19H2,2H3,(H,32,38)(H,33,34)(H,39,40)/t24-,25+,26+,27+,28+,31?/m0/s1. The zero-order valence-electron chi connectivity index (χ0n) is 24.7. The van der Waals surface area contributed by atoms with Gasteiger partial charge in [-0.05, 0) is 30.3 Å². The summed E-state index contributed by atoms with van der Waals surface area (Å²) in [5, 5.41) is 47.6. The van der Waals surface area contributed by atoms with Gasteiger partial charge in [0.2, 0.25) is 5.91 Å². The number of hydrogen-bond acceptors (Lipinski definition) is 11. The topological polar surface area (TPSA) is 202 Å². The number of hydrogen-bond donors (Lipinski definition) is 6. The molecule has 2 aromatic carbocycles. The Kier molecular flexibility index (Phi) is 13.7. The predicted octanol–water partition coefficient (Wildman–Crippen LogP) is 0.0489. The summed E-state index contributed by atoms with van der Waals surface area (Å²) in [5.74, 6) is -2.01. The first-order chi connectivity index (χ1) is 21.6. The molecule has 2 aromatic rings. The Morgan fingerprint density at radius 3 is 2.42 bits per heavy atom. The van der Waals surface area contributed by atoms with E-state index in [1.165, 1.54) is 12.1 Å². The van der Waals surface area contributed by atoms with Crippen molar-refractivity contribution in [1.29, 1.82) is 0 Å². The molecule has 1 heterocycles. The Hall–Kier alpha value is -4.07. The lowest BCUT2D eigenvalue weighted by molar-refractivity contribution is -0.312. The average molecular weight is 631 g/mol. The van der Waals surface area contributed by atoms with Crippen LogP contribution in [0.5, 0.6) is 11.5 Å². The van der Waals surface area contributed by atoms with Crippen LogP contribution in [0, 0.1) is 12.3 Å². The molecule has 0 spiro atoms. The van der Waals surface area contributed by atoms with Crippen molar-refractivity contribution in [2.24, 2.45) is 0 Å². The number of rotatable bonds is 17. The number of amides is 2. The molecule has 14 heteroatoms. The van der Waals surface area contributed by atoms with Crippen LogP contribution >= 0.6 is 0 Å². The van der Waals surface area contributed by atoms with Crippen LogP contribution in [-0.2, 0) is 28.5 Å². The summed E-state index contributed by atoms with van der Waals surface area (Å²) in [6, 6.07) is 13.9. The van der Waals surface area contributed by atoms with Crippen molar-refractivity contribution in [1.82, 2.24) is 10.6 Å². The third-order valence-corrected chi connectivity index (χ3v) is 6.67. The molecule has 1 aliphatic rings. The van der Waals surface area contributed by atoms with Crippen LogP contribution in [0.25, 0.3) is 0 Å². The van der Waals surface area contributed by atoms with Gasteiger partial charge < -0.3 is 54.7 Å². The fourth-order valence-electron chi connectivity index (χ4n) is 4.53. The Morgan fingerprint density at radius 1 is 1.04 bits per heavy atom. The Morgan fingerprint density at radius 2 is 1.73 bits per heavy atom. The highest BCUT2D eigenvalue weighted by Crippen LogP contribution is 2.33. The molecule has 0 radical (unpaired) electrons. The number of para-hydroxylation sites is 1. The predicted molar refractivity (Wildman–Crippen MR) is 157 cm³/mol. The maximum atomic E-state index is 12.8. The molecule has 1 saturated heterocycles. The third-order valence-electron chi connectivity index (χ3n) is 6.67. The number of aliphatic hydroxyl groups is 3. The van der Waals surface area contributed by atoms with Gasteiger partial charge in [0.1, 0.15) is 30.3 Å². The largest absolute Gasteiger partial charge is 0.477 e. The van der Waals surface area contributed by atoms with E-state index in [1.54, 1.807) is 36.4 Å². The monoisotopic (exact) mass is 630 g/mol. The third kappa shape index (κ3) is 10.5. The van der Waals surface area contributed by atoms with Crippen molar-refractivity contribution in [3.8, 4) is 23.8 Å². The van der Waals surface area contributed by atoms with Crippen molar-refractivity contribution in [3.05, 3.63) is 60.2 Å². The summed E-state index contributed by atoms with van der Waals surface area (Å²) in [4.78, 5) is 37.0. The highest BCUT2D eigenvalue weighted by Gasteiger charge is 2.55. The molecule has 14 nitrogen and oxygen atoms in total. The lowest BCUT2D eigenvalue weighted by Crippen LogP contribution is -2.68. The van der Waals surface area contributed by atoms with Crippen molar-refractivity contribution in [3.63, 3.8) is 0 Å². The highest BCUT2D eigenvalue weighted by atomic mass is 16.7. The molecular formula is C31H38N2O12. The lowest BCUT2D eigenvalue weighted by Gasteiger charge is -2.46. The number of carboxylic acids is 1. The maximum absolute atomic E-state index is 12.8. The molecule has 6 N–H and O–H groups in total. The zero-order valence-corrected chi connectivity index (χ0v) is 24.7. The minimum Gasteiger partial charge on any atom is -0.477 e. The van der Waals surface area contributed by atoms with Crippen LogP contribution in [0.4, 0.5) is 0 Å². The first kappa shape index (κ1) is 35.4. The number of aliphatic hydroxyl groups excluding tert-OH is 3. The minimum absolute atomic E-state index is 0.0670. The Labute approximate surface area is 260 Å². The molecule has 2 amide bonds. The molecule has 244 valence electrons. The smallest absolute Gasteiger partial charge is 0.364 e. The van der Waals surface area contributed by atoms with Crippen molar-refractivity contribution >= 4 is 17.8 Å². The van der Waals surface area contributed by atoms with E-state index in [-0.39, 0.29) is 38.6 Å². The second-order valence-corrected chi connectivity index (χ2v) is 10.1. The van der Waals surface area contributed by atoms with Crippen LogP contribution in [0.1, 0.15) is 23.7 Å². The normalized spacial score (nSPS) is 22.4. The molecular weight excluding hydrogens is 592 g/mol. The number of carboxylic acid groups (broad SMARTS) is 1. The molecule has 1 aliphatic heterocycles. The van der Waals surface area contributed by atoms with Gasteiger partial charge >= 0.3 is 5.97 Å². The van der Waals surface area contributed by atoms with Gasteiger partial charge in [-0.25, -0.2) is 4.79 Å². The van der Waals surface area contributed by atoms with E-state index in [2.05, 4.69) is 16.6 Å². The van der Waals surface area contributed by atoms with E-state index in [9.17, 15) is 34.8 Å². The molecule has 3 rings (SSSR count). The van der Waals surface area contributed by atoms with Crippen molar-refractivity contribution in [2.45, 2.75) is 49.6 Å². The summed E-state index contributed by atoms with van der Waals surface area (Å²) in [6.45, 7) is 0.779. The van der Waals surface area contributed by atoms with Crippen LogP contribution in [-0.4, -0.2) is 114 Å². The van der Waals surface area contributed by atoms with Gasteiger partial charge in [0.25, 0.3) is 11.7 Å². The lowest BCUT2D eigenvalue weighted by atomic mass is 9.88. The summed E-state index contributed by atoms with van der Waals surface area (Å²) in [7, 11) is 0. The van der Waals surface area contributed by atoms with E-state index in [4.69, 9.17) is 30.1 Å². The van der Waals surface area contributed by atoms with Crippen LogP contribution in [0.15, 0.2) is 54.6 Å². The molecule has 0 saturated carbocycles. The number of ether oxygens (including phenoxy) is 5. The number of nitrogens with one attached hydrogen (secondary N) is 2. The number of carbonyl (C=O) groups is 3. The fraction of sp³-hybridized carbons (Fsp3) is 0.452. The van der Waals surface area contributed by atoms with Gasteiger partial charge in [-0.2, -0.15) is 0 Å². The first-order valence-corrected chi connectivity index (χ1v) is 14.1. The SMILES string of the molecule is C#CCOCCOCCOC1(C(=O)O)C[C@H](O)[C@@H](NC(C)=O)[C@H]([C@H](O)[C@H](O)CNC(=O)c2cccc(Oc3ccccc3)c2)O1. The van der Waals surface area contributed by atoms with Crippen LogP contribution < -0.4 is 15.4 Å². The van der Waals surface area contributed by atoms with Gasteiger partial charge in [-0.1, -0.05) is 30.2 Å². The van der Waals surface area contributed by atoms with Crippen LogP contribution in [0.3, 0.4) is 0 Å². The highest BCUT2D eigenvalue weighted by molar-refractivity contribution is 5.94. The number of aliphatic carboxylic acids is 1. The fourth-order valence-corrected chi connectivity index (χ4v) is 4.53. The summed E-state index contributed by atoms with van der Waals surface area (Å²) >= 11 is 0. The Bertz CT molecular complexity index is 1300. The van der Waals surface area contributed by atoms with E-state index in [1.807, 2.05) is 6.07 Å². The van der Waals surface area contributed by atoms with Gasteiger partial charge in [0.05, 0.1) is 44.7 Å². The molecule has 45 heavy (non-hydrogen) atoms.